The van der Waals surface area contributed by atoms with Gasteiger partial charge in [-0.2, -0.15) is 0 Å². The minimum Gasteiger partial charge on any atom is -0.467 e. The monoisotopic (exact) mass is 295 g/mol. The average molecular weight is 295 g/mol. The molecule has 0 aromatic carbocycles. The van der Waals surface area contributed by atoms with E-state index in [9.17, 15) is 0 Å². The van der Waals surface area contributed by atoms with E-state index in [-0.39, 0.29) is 5.54 Å². The first kappa shape index (κ1) is 18.2. The van der Waals surface area contributed by atoms with Gasteiger partial charge < -0.3 is 14.5 Å². The van der Waals surface area contributed by atoms with Gasteiger partial charge in [-0.15, -0.1) is 0 Å². The highest BCUT2D eigenvalue weighted by molar-refractivity contribution is 5.16. The molecule has 122 valence electrons. The van der Waals surface area contributed by atoms with Gasteiger partial charge in [0.25, 0.3) is 0 Å². The fraction of sp³-hybridized carbons (Fsp3) is 0.778. The Morgan fingerprint density at radius 1 is 1.10 bits per heavy atom. The first-order chi connectivity index (χ1) is 10.0. The molecule has 0 aliphatic rings. The van der Waals surface area contributed by atoms with Crippen molar-refractivity contribution in [3.63, 3.8) is 0 Å². The van der Waals surface area contributed by atoms with E-state index in [0.717, 1.165) is 25.3 Å². The highest BCUT2D eigenvalue weighted by atomic mass is 16.5. The lowest BCUT2D eigenvalue weighted by Crippen LogP contribution is -2.35. The van der Waals surface area contributed by atoms with Crippen LogP contribution in [0.1, 0.15) is 77.5 Å². The standard InChI is InChI=1S/C18H33NO2/c1-5-6-7-8-9-10-12-20-15-17-16(11-13-21-17)14-19-18(2,3)4/h11,13,19H,5-10,12,14-15H2,1-4H3. The zero-order valence-electron chi connectivity index (χ0n) is 14.3. The van der Waals surface area contributed by atoms with E-state index in [1.54, 1.807) is 6.26 Å². The lowest BCUT2D eigenvalue weighted by molar-refractivity contribution is 0.101. The molecule has 21 heavy (non-hydrogen) atoms. The Bertz CT molecular complexity index is 366. The largest absolute Gasteiger partial charge is 0.467 e. The van der Waals surface area contributed by atoms with Crippen LogP contribution in [0.4, 0.5) is 0 Å². The molecule has 0 spiro atoms. The molecule has 1 aromatic rings. The third kappa shape index (κ3) is 8.94. The summed E-state index contributed by atoms with van der Waals surface area (Å²) in [7, 11) is 0. The molecular formula is C18H33NO2. The van der Waals surface area contributed by atoms with Crippen LogP contribution < -0.4 is 5.32 Å². The first-order valence-corrected chi connectivity index (χ1v) is 8.41. The molecule has 1 heterocycles. The Kier molecular flexibility index (Phi) is 8.70. The number of rotatable bonds is 11. The lowest BCUT2D eigenvalue weighted by Gasteiger charge is -2.20. The summed E-state index contributed by atoms with van der Waals surface area (Å²) in [5, 5.41) is 3.48. The number of hydrogen-bond donors (Lipinski definition) is 1. The summed E-state index contributed by atoms with van der Waals surface area (Å²) in [6.45, 7) is 11.0. The number of hydrogen-bond acceptors (Lipinski definition) is 3. The van der Waals surface area contributed by atoms with Gasteiger partial charge >= 0.3 is 0 Å². The molecule has 3 heteroatoms. The van der Waals surface area contributed by atoms with Crippen molar-refractivity contribution in [2.45, 2.75) is 84.9 Å². The van der Waals surface area contributed by atoms with Crippen LogP contribution in [-0.4, -0.2) is 12.1 Å². The van der Waals surface area contributed by atoms with Crippen molar-refractivity contribution in [1.82, 2.24) is 5.32 Å². The molecule has 0 unspecified atom stereocenters. The predicted molar refractivity (Wildman–Crippen MR) is 88.3 cm³/mol. The van der Waals surface area contributed by atoms with Crippen LogP contribution in [0.2, 0.25) is 0 Å². The van der Waals surface area contributed by atoms with Gasteiger partial charge in [0.1, 0.15) is 12.4 Å². The number of nitrogens with one attached hydrogen (secondary N) is 1. The van der Waals surface area contributed by atoms with Crippen molar-refractivity contribution >= 4 is 0 Å². The van der Waals surface area contributed by atoms with Crippen molar-refractivity contribution < 1.29 is 9.15 Å². The minimum atomic E-state index is 0.119. The third-order valence-electron chi connectivity index (χ3n) is 3.52. The minimum absolute atomic E-state index is 0.119. The predicted octanol–water partition coefficient (Wildman–Crippen LogP) is 5.04. The van der Waals surface area contributed by atoms with Crippen molar-refractivity contribution in [1.29, 1.82) is 0 Å². The van der Waals surface area contributed by atoms with Crippen molar-refractivity contribution in [3.05, 3.63) is 23.7 Å². The highest BCUT2D eigenvalue weighted by Crippen LogP contribution is 2.14. The van der Waals surface area contributed by atoms with Gasteiger partial charge in [-0.1, -0.05) is 39.0 Å². The molecule has 0 atom stereocenters. The second kappa shape index (κ2) is 10.0. The second-order valence-electron chi connectivity index (χ2n) is 6.79. The molecule has 0 bridgehead atoms. The van der Waals surface area contributed by atoms with Crippen molar-refractivity contribution in [2.75, 3.05) is 6.61 Å². The zero-order chi connectivity index (χ0) is 15.6. The summed E-state index contributed by atoms with van der Waals surface area (Å²) >= 11 is 0. The quantitative estimate of drug-likeness (QED) is 0.580. The molecule has 0 aliphatic heterocycles. The van der Waals surface area contributed by atoms with E-state index in [2.05, 4.69) is 33.0 Å². The maximum absolute atomic E-state index is 5.74. The molecule has 0 fully saturated rings. The van der Waals surface area contributed by atoms with E-state index >= 15 is 0 Å². The normalized spacial score (nSPS) is 12.0. The van der Waals surface area contributed by atoms with Crippen LogP contribution in [0.25, 0.3) is 0 Å². The van der Waals surface area contributed by atoms with E-state index < -0.39 is 0 Å². The molecular weight excluding hydrogens is 262 g/mol. The SMILES string of the molecule is CCCCCCCCOCc1occc1CNC(C)(C)C. The molecule has 1 N–H and O–H groups in total. The van der Waals surface area contributed by atoms with Gasteiger partial charge in [0.05, 0.1) is 6.26 Å². The third-order valence-corrected chi connectivity index (χ3v) is 3.52. The summed E-state index contributed by atoms with van der Waals surface area (Å²) in [5.41, 5.74) is 1.32. The Morgan fingerprint density at radius 2 is 1.81 bits per heavy atom. The van der Waals surface area contributed by atoms with E-state index in [1.165, 1.54) is 37.7 Å². The molecule has 1 aromatic heterocycles. The summed E-state index contributed by atoms with van der Waals surface area (Å²) in [6.07, 6.45) is 9.54. The van der Waals surface area contributed by atoms with E-state index in [0.29, 0.717) is 6.61 Å². The fourth-order valence-corrected chi connectivity index (χ4v) is 2.16. The lowest BCUT2D eigenvalue weighted by atomic mass is 10.1. The van der Waals surface area contributed by atoms with E-state index in [1.807, 2.05) is 6.07 Å². The Labute approximate surface area is 130 Å². The molecule has 3 nitrogen and oxygen atoms in total. The van der Waals surface area contributed by atoms with Crippen LogP contribution >= 0.6 is 0 Å². The molecule has 0 aliphatic carbocycles. The summed E-state index contributed by atoms with van der Waals surface area (Å²) in [5.74, 6) is 0.956. The van der Waals surface area contributed by atoms with E-state index in [4.69, 9.17) is 9.15 Å². The summed E-state index contributed by atoms with van der Waals surface area (Å²) in [6, 6.07) is 2.03. The molecule has 0 radical (unpaired) electrons. The van der Waals surface area contributed by atoms with Gasteiger partial charge in [0.15, 0.2) is 0 Å². The summed E-state index contributed by atoms with van der Waals surface area (Å²) < 4.78 is 11.3. The van der Waals surface area contributed by atoms with Gasteiger partial charge in [-0.3, -0.25) is 0 Å². The molecule has 1 rings (SSSR count). The van der Waals surface area contributed by atoms with Crippen LogP contribution in [-0.2, 0) is 17.9 Å². The molecule has 0 amide bonds. The number of furan rings is 1. The number of unbranched alkanes of at least 4 members (excludes halogenated alkanes) is 5. The zero-order valence-corrected chi connectivity index (χ0v) is 14.3. The van der Waals surface area contributed by atoms with Gasteiger partial charge in [-0.25, -0.2) is 0 Å². The number of ether oxygens (including phenoxy) is 1. The van der Waals surface area contributed by atoms with Gasteiger partial charge in [-0.05, 0) is 33.3 Å². The Morgan fingerprint density at radius 3 is 2.52 bits per heavy atom. The fourth-order valence-electron chi connectivity index (χ4n) is 2.16. The Hall–Kier alpha value is -0.800. The maximum Gasteiger partial charge on any atom is 0.133 e. The molecule has 0 saturated carbocycles. The van der Waals surface area contributed by atoms with Gasteiger partial charge in [0.2, 0.25) is 0 Å². The van der Waals surface area contributed by atoms with Crippen LogP contribution in [0.15, 0.2) is 16.7 Å². The summed E-state index contributed by atoms with van der Waals surface area (Å²) in [4.78, 5) is 0. The van der Waals surface area contributed by atoms with Crippen LogP contribution in [0.5, 0.6) is 0 Å². The van der Waals surface area contributed by atoms with Crippen LogP contribution in [0, 0.1) is 0 Å². The van der Waals surface area contributed by atoms with Crippen molar-refractivity contribution in [3.8, 4) is 0 Å². The van der Waals surface area contributed by atoms with Gasteiger partial charge in [0, 0.05) is 24.3 Å². The average Bonchev–Trinajstić information content (AvgIpc) is 2.86. The smallest absolute Gasteiger partial charge is 0.133 e. The topological polar surface area (TPSA) is 34.4 Å². The molecule has 0 saturated heterocycles. The maximum atomic E-state index is 5.74. The van der Waals surface area contributed by atoms with Crippen LogP contribution in [0.3, 0.4) is 0 Å². The highest BCUT2D eigenvalue weighted by Gasteiger charge is 2.12. The second-order valence-corrected chi connectivity index (χ2v) is 6.79. The Balaban J connectivity index is 2.14. The first-order valence-electron chi connectivity index (χ1n) is 8.41. The van der Waals surface area contributed by atoms with Crippen molar-refractivity contribution in [2.24, 2.45) is 0 Å².